The van der Waals surface area contributed by atoms with E-state index in [1.165, 1.54) is 12.1 Å². The first kappa shape index (κ1) is 11.9. The summed E-state index contributed by atoms with van der Waals surface area (Å²) in [5.74, 6) is 0.442. The van der Waals surface area contributed by atoms with Crippen LogP contribution in [0.4, 0.5) is 10.2 Å². The zero-order valence-electron chi connectivity index (χ0n) is 9.67. The lowest BCUT2D eigenvalue weighted by Gasteiger charge is -2.04. The van der Waals surface area contributed by atoms with Crippen molar-refractivity contribution >= 4 is 17.4 Å². The molecule has 0 aliphatic rings. The number of aryl methyl sites for hydroxylation is 2. The fourth-order valence-corrected chi connectivity index (χ4v) is 1.80. The van der Waals surface area contributed by atoms with Crippen LogP contribution in [0.25, 0.3) is 0 Å². The number of rotatable bonds is 3. The molecule has 0 amide bonds. The van der Waals surface area contributed by atoms with E-state index >= 15 is 0 Å². The summed E-state index contributed by atoms with van der Waals surface area (Å²) >= 11 is 5.77. The Balaban J connectivity index is 2.07. The van der Waals surface area contributed by atoms with E-state index in [2.05, 4.69) is 10.4 Å². The Hall–Kier alpha value is -1.55. The second-order valence-electron chi connectivity index (χ2n) is 3.93. The maximum absolute atomic E-state index is 13.1. The SMILES string of the molecule is Cc1cc(NCc2cc(F)cc(Cl)c2)nn1C. The van der Waals surface area contributed by atoms with Gasteiger partial charge in [-0.1, -0.05) is 11.6 Å². The molecule has 0 aliphatic heterocycles. The highest BCUT2D eigenvalue weighted by molar-refractivity contribution is 6.30. The van der Waals surface area contributed by atoms with Crippen LogP contribution < -0.4 is 5.32 Å². The number of nitrogens with zero attached hydrogens (tertiary/aromatic N) is 2. The molecule has 17 heavy (non-hydrogen) atoms. The molecule has 0 radical (unpaired) electrons. The van der Waals surface area contributed by atoms with Crippen molar-refractivity contribution in [3.63, 3.8) is 0 Å². The summed E-state index contributed by atoms with van der Waals surface area (Å²) in [6, 6.07) is 6.40. The Labute approximate surface area is 104 Å². The molecule has 1 aromatic heterocycles. The summed E-state index contributed by atoms with van der Waals surface area (Å²) in [5, 5.41) is 7.77. The van der Waals surface area contributed by atoms with Crippen LogP contribution in [0.1, 0.15) is 11.3 Å². The van der Waals surface area contributed by atoms with E-state index in [9.17, 15) is 4.39 Å². The van der Waals surface area contributed by atoms with Crippen LogP contribution in [0.2, 0.25) is 5.02 Å². The summed E-state index contributed by atoms with van der Waals surface area (Å²) in [7, 11) is 1.87. The molecule has 0 spiro atoms. The smallest absolute Gasteiger partial charge is 0.148 e. The quantitative estimate of drug-likeness (QED) is 0.911. The molecular formula is C12H13ClFN3. The van der Waals surface area contributed by atoms with Crippen molar-refractivity contribution in [3.05, 3.63) is 46.4 Å². The third-order valence-electron chi connectivity index (χ3n) is 2.51. The molecule has 0 saturated carbocycles. The molecule has 0 saturated heterocycles. The Morgan fingerprint density at radius 3 is 2.71 bits per heavy atom. The lowest BCUT2D eigenvalue weighted by Crippen LogP contribution is -2.01. The molecule has 90 valence electrons. The van der Waals surface area contributed by atoms with Gasteiger partial charge in [0.15, 0.2) is 0 Å². The van der Waals surface area contributed by atoms with Gasteiger partial charge in [0.05, 0.1) is 0 Å². The van der Waals surface area contributed by atoms with Crippen LogP contribution in [0.15, 0.2) is 24.3 Å². The van der Waals surface area contributed by atoms with E-state index in [1.54, 1.807) is 10.7 Å². The molecule has 2 aromatic rings. The summed E-state index contributed by atoms with van der Waals surface area (Å²) in [5.41, 5.74) is 1.85. The van der Waals surface area contributed by atoms with Gasteiger partial charge in [-0.25, -0.2) is 4.39 Å². The lowest BCUT2D eigenvalue weighted by molar-refractivity contribution is 0.626. The fourth-order valence-electron chi connectivity index (χ4n) is 1.55. The van der Waals surface area contributed by atoms with Crippen LogP contribution in [-0.4, -0.2) is 9.78 Å². The second-order valence-corrected chi connectivity index (χ2v) is 4.36. The van der Waals surface area contributed by atoms with Crippen molar-refractivity contribution in [2.45, 2.75) is 13.5 Å². The molecule has 0 unspecified atom stereocenters. The van der Waals surface area contributed by atoms with Crippen molar-refractivity contribution in [1.29, 1.82) is 0 Å². The predicted octanol–water partition coefficient (Wildman–Crippen LogP) is 3.13. The molecule has 1 heterocycles. The van der Waals surface area contributed by atoms with E-state index in [0.717, 1.165) is 17.1 Å². The Bertz CT molecular complexity index is 497. The summed E-state index contributed by atoms with van der Waals surface area (Å²) in [6.07, 6.45) is 0. The molecule has 0 atom stereocenters. The number of halogens is 2. The normalized spacial score (nSPS) is 10.6. The second kappa shape index (κ2) is 4.75. The first-order chi connectivity index (χ1) is 8.04. The van der Waals surface area contributed by atoms with Crippen LogP contribution >= 0.6 is 11.6 Å². The van der Waals surface area contributed by atoms with E-state index < -0.39 is 0 Å². The fraction of sp³-hybridized carbons (Fsp3) is 0.250. The van der Waals surface area contributed by atoms with Crippen molar-refractivity contribution in [2.24, 2.45) is 7.05 Å². The largest absolute Gasteiger partial charge is 0.365 e. The lowest BCUT2D eigenvalue weighted by atomic mass is 10.2. The van der Waals surface area contributed by atoms with Gasteiger partial charge in [-0.05, 0) is 30.7 Å². The maximum atomic E-state index is 13.1. The molecule has 0 bridgehead atoms. The van der Waals surface area contributed by atoms with Crippen molar-refractivity contribution in [3.8, 4) is 0 Å². The molecule has 1 aromatic carbocycles. The van der Waals surface area contributed by atoms with E-state index in [-0.39, 0.29) is 5.82 Å². The average Bonchev–Trinajstić information content (AvgIpc) is 2.54. The van der Waals surface area contributed by atoms with Gasteiger partial charge in [0.25, 0.3) is 0 Å². The number of nitrogens with one attached hydrogen (secondary N) is 1. The zero-order valence-corrected chi connectivity index (χ0v) is 10.4. The van der Waals surface area contributed by atoms with Crippen LogP contribution in [0, 0.1) is 12.7 Å². The number of aromatic nitrogens is 2. The van der Waals surface area contributed by atoms with Crippen LogP contribution in [0.5, 0.6) is 0 Å². The van der Waals surface area contributed by atoms with E-state index in [0.29, 0.717) is 11.6 Å². The van der Waals surface area contributed by atoms with Gasteiger partial charge in [0.2, 0.25) is 0 Å². The van der Waals surface area contributed by atoms with Crippen molar-refractivity contribution < 1.29 is 4.39 Å². The highest BCUT2D eigenvalue weighted by Gasteiger charge is 2.02. The highest BCUT2D eigenvalue weighted by atomic mass is 35.5. The van der Waals surface area contributed by atoms with Gasteiger partial charge in [-0.15, -0.1) is 0 Å². The highest BCUT2D eigenvalue weighted by Crippen LogP contribution is 2.15. The molecule has 2 rings (SSSR count). The standard InChI is InChI=1S/C12H13ClFN3/c1-8-3-12(16-17(8)2)15-7-9-4-10(13)6-11(14)5-9/h3-6H,7H2,1-2H3,(H,15,16). The first-order valence-electron chi connectivity index (χ1n) is 5.24. The zero-order chi connectivity index (χ0) is 12.4. The molecule has 0 fully saturated rings. The number of benzene rings is 1. The Morgan fingerprint density at radius 2 is 2.12 bits per heavy atom. The van der Waals surface area contributed by atoms with Gasteiger partial charge in [-0.3, -0.25) is 4.68 Å². The first-order valence-corrected chi connectivity index (χ1v) is 5.62. The third-order valence-corrected chi connectivity index (χ3v) is 2.73. The predicted molar refractivity (Wildman–Crippen MR) is 66.7 cm³/mol. The van der Waals surface area contributed by atoms with Gasteiger partial charge < -0.3 is 5.32 Å². The number of anilines is 1. The monoisotopic (exact) mass is 253 g/mol. The molecule has 5 heteroatoms. The molecule has 0 aliphatic carbocycles. The van der Waals surface area contributed by atoms with Crippen molar-refractivity contribution in [2.75, 3.05) is 5.32 Å². The maximum Gasteiger partial charge on any atom is 0.148 e. The number of hydrogen-bond donors (Lipinski definition) is 1. The van der Waals surface area contributed by atoms with Gasteiger partial charge >= 0.3 is 0 Å². The van der Waals surface area contributed by atoms with Crippen LogP contribution in [0.3, 0.4) is 0 Å². The molecular weight excluding hydrogens is 241 g/mol. The topological polar surface area (TPSA) is 29.9 Å². The van der Waals surface area contributed by atoms with Gasteiger partial charge in [0.1, 0.15) is 11.6 Å². The van der Waals surface area contributed by atoms with Crippen LogP contribution in [-0.2, 0) is 13.6 Å². The summed E-state index contributed by atoms with van der Waals surface area (Å²) in [4.78, 5) is 0. The molecule has 1 N–H and O–H groups in total. The minimum absolute atomic E-state index is 0.327. The summed E-state index contributed by atoms with van der Waals surface area (Å²) in [6.45, 7) is 2.46. The van der Waals surface area contributed by atoms with Gasteiger partial charge in [-0.2, -0.15) is 5.10 Å². The molecule has 3 nitrogen and oxygen atoms in total. The van der Waals surface area contributed by atoms with E-state index in [1.807, 2.05) is 20.0 Å². The Kier molecular flexibility index (Phi) is 3.33. The minimum atomic E-state index is -0.327. The minimum Gasteiger partial charge on any atom is -0.365 e. The van der Waals surface area contributed by atoms with Gasteiger partial charge in [0, 0.05) is 30.4 Å². The third kappa shape index (κ3) is 2.97. The van der Waals surface area contributed by atoms with Crippen molar-refractivity contribution in [1.82, 2.24) is 9.78 Å². The van der Waals surface area contributed by atoms with E-state index in [4.69, 9.17) is 11.6 Å². The summed E-state index contributed by atoms with van der Waals surface area (Å²) < 4.78 is 14.9. The Morgan fingerprint density at radius 1 is 1.35 bits per heavy atom. The number of hydrogen-bond acceptors (Lipinski definition) is 2. The average molecular weight is 254 g/mol.